The van der Waals surface area contributed by atoms with Gasteiger partial charge in [0.05, 0.1) is 5.56 Å². The Kier molecular flexibility index (Phi) is 4.11. The van der Waals surface area contributed by atoms with Crippen molar-refractivity contribution in [2.45, 2.75) is 20.5 Å². The molecule has 1 aromatic heterocycles. The van der Waals surface area contributed by atoms with E-state index in [1.165, 1.54) is 6.92 Å². The van der Waals surface area contributed by atoms with Crippen LogP contribution >= 0.6 is 0 Å². The fraction of sp³-hybridized carbons (Fsp3) is 0.188. The molecule has 4 heteroatoms. The Bertz CT molecular complexity index is 687. The van der Waals surface area contributed by atoms with Gasteiger partial charge in [0.1, 0.15) is 24.1 Å². The standard InChI is InChI=1S/C16H14N2O2/c1-11-3-4-16(15(7-11)12(2)19)20-10-13-5-6-18-14(8-13)9-17/h3-8H,10H2,1-2H3. The van der Waals surface area contributed by atoms with Gasteiger partial charge in [0, 0.05) is 6.20 Å². The molecular weight excluding hydrogens is 252 g/mol. The number of ketones is 1. The zero-order valence-corrected chi connectivity index (χ0v) is 11.4. The van der Waals surface area contributed by atoms with E-state index in [9.17, 15) is 4.79 Å². The average Bonchev–Trinajstić information content (AvgIpc) is 2.46. The van der Waals surface area contributed by atoms with Gasteiger partial charge in [0.25, 0.3) is 0 Å². The maximum absolute atomic E-state index is 11.6. The van der Waals surface area contributed by atoms with Crippen LogP contribution in [0.4, 0.5) is 0 Å². The van der Waals surface area contributed by atoms with E-state index >= 15 is 0 Å². The first-order valence-electron chi connectivity index (χ1n) is 6.19. The summed E-state index contributed by atoms with van der Waals surface area (Å²) in [5, 5.41) is 8.80. The molecule has 0 saturated carbocycles. The van der Waals surface area contributed by atoms with Crippen molar-refractivity contribution in [1.82, 2.24) is 4.98 Å². The van der Waals surface area contributed by atoms with Crippen molar-refractivity contribution in [1.29, 1.82) is 5.26 Å². The minimum atomic E-state index is -0.0313. The fourth-order valence-corrected chi connectivity index (χ4v) is 1.83. The lowest BCUT2D eigenvalue weighted by Crippen LogP contribution is -2.02. The molecule has 0 spiro atoms. The number of nitrogens with zero attached hydrogens (tertiary/aromatic N) is 2. The molecular formula is C16H14N2O2. The van der Waals surface area contributed by atoms with Gasteiger partial charge >= 0.3 is 0 Å². The second-order valence-electron chi connectivity index (χ2n) is 4.51. The van der Waals surface area contributed by atoms with Gasteiger partial charge in [-0.25, -0.2) is 4.98 Å². The minimum Gasteiger partial charge on any atom is -0.488 e. The van der Waals surface area contributed by atoms with Crippen molar-refractivity contribution in [3.63, 3.8) is 0 Å². The van der Waals surface area contributed by atoms with Crippen LogP contribution < -0.4 is 4.74 Å². The predicted octanol–water partition coefficient (Wildman–Crippen LogP) is 3.04. The van der Waals surface area contributed by atoms with Crippen molar-refractivity contribution in [3.05, 3.63) is 58.9 Å². The Hall–Kier alpha value is -2.67. The van der Waals surface area contributed by atoms with Gasteiger partial charge in [0.15, 0.2) is 5.78 Å². The van der Waals surface area contributed by atoms with Gasteiger partial charge in [-0.05, 0) is 43.7 Å². The first kappa shape index (κ1) is 13.8. The van der Waals surface area contributed by atoms with Gasteiger partial charge < -0.3 is 4.74 Å². The third-order valence-corrected chi connectivity index (χ3v) is 2.85. The Labute approximate surface area is 117 Å². The zero-order valence-electron chi connectivity index (χ0n) is 11.4. The van der Waals surface area contributed by atoms with E-state index in [2.05, 4.69) is 4.98 Å². The summed E-state index contributed by atoms with van der Waals surface area (Å²) in [5.41, 5.74) is 2.77. The predicted molar refractivity (Wildman–Crippen MR) is 74.5 cm³/mol. The van der Waals surface area contributed by atoms with Gasteiger partial charge in [-0.3, -0.25) is 4.79 Å². The number of ether oxygens (including phenoxy) is 1. The monoisotopic (exact) mass is 266 g/mol. The molecule has 2 rings (SSSR count). The van der Waals surface area contributed by atoms with Gasteiger partial charge in [-0.1, -0.05) is 11.6 Å². The molecule has 0 bridgehead atoms. The molecule has 0 amide bonds. The molecule has 0 radical (unpaired) electrons. The van der Waals surface area contributed by atoms with Crippen LogP contribution in [0.1, 0.15) is 34.1 Å². The highest BCUT2D eigenvalue weighted by Crippen LogP contribution is 2.21. The molecule has 0 aliphatic carbocycles. The largest absolute Gasteiger partial charge is 0.488 e. The summed E-state index contributed by atoms with van der Waals surface area (Å²) >= 11 is 0. The Morgan fingerprint density at radius 2 is 2.15 bits per heavy atom. The Balaban J connectivity index is 2.19. The van der Waals surface area contributed by atoms with Crippen LogP contribution in [0.2, 0.25) is 0 Å². The molecule has 4 nitrogen and oxygen atoms in total. The number of aromatic nitrogens is 1. The molecule has 100 valence electrons. The van der Waals surface area contributed by atoms with Crippen molar-refractivity contribution in [2.24, 2.45) is 0 Å². The normalized spacial score (nSPS) is 9.85. The van der Waals surface area contributed by atoms with E-state index in [-0.39, 0.29) is 5.78 Å². The molecule has 1 heterocycles. The number of hydrogen-bond acceptors (Lipinski definition) is 4. The number of benzene rings is 1. The zero-order chi connectivity index (χ0) is 14.5. The number of hydrogen-bond donors (Lipinski definition) is 0. The molecule has 0 unspecified atom stereocenters. The van der Waals surface area contributed by atoms with E-state index < -0.39 is 0 Å². The highest BCUT2D eigenvalue weighted by atomic mass is 16.5. The minimum absolute atomic E-state index is 0.0313. The van der Waals surface area contributed by atoms with Crippen molar-refractivity contribution in [3.8, 4) is 11.8 Å². The maximum atomic E-state index is 11.6. The SMILES string of the molecule is CC(=O)c1cc(C)ccc1OCc1ccnc(C#N)c1. The first-order chi connectivity index (χ1) is 9.60. The molecule has 0 fully saturated rings. The number of rotatable bonds is 4. The van der Waals surface area contributed by atoms with Crippen LogP contribution in [0.3, 0.4) is 0 Å². The Morgan fingerprint density at radius 3 is 2.85 bits per heavy atom. The van der Waals surface area contributed by atoms with Crippen molar-refractivity contribution < 1.29 is 9.53 Å². The van der Waals surface area contributed by atoms with Crippen LogP contribution in [0, 0.1) is 18.3 Å². The molecule has 0 atom stereocenters. The first-order valence-corrected chi connectivity index (χ1v) is 6.19. The van der Waals surface area contributed by atoms with Gasteiger partial charge in [0.2, 0.25) is 0 Å². The summed E-state index contributed by atoms with van der Waals surface area (Å²) in [6.45, 7) is 3.74. The molecule has 0 aliphatic heterocycles. The summed E-state index contributed by atoms with van der Waals surface area (Å²) in [4.78, 5) is 15.5. The average molecular weight is 266 g/mol. The summed E-state index contributed by atoms with van der Waals surface area (Å²) in [6.07, 6.45) is 1.57. The van der Waals surface area contributed by atoms with Crippen LogP contribution in [-0.4, -0.2) is 10.8 Å². The topological polar surface area (TPSA) is 63.0 Å². The molecule has 0 aliphatic rings. The maximum Gasteiger partial charge on any atom is 0.163 e. The second kappa shape index (κ2) is 5.98. The smallest absolute Gasteiger partial charge is 0.163 e. The van der Waals surface area contributed by atoms with Gasteiger partial charge in [-0.2, -0.15) is 5.26 Å². The van der Waals surface area contributed by atoms with Crippen molar-refractivity contribution in [2.75, 3.05) is 0 Å². The van der Waals surface area contributed by atoms with E-state index in [0.717, 1.165) is 11.1 Å². The third-order valence-electron chi connectivity index (χ3n) is 2.85. The van der Waals surface area contributed by atoms with E-state index in [1.807, 2.05) is 25.1 Å². The lowest BCUT2D eigenvalue weighted by atomic mass is 10.1. The lowest BCUT2D eigenvalue weighted by molar-refractivity contribution is 0.101. The van der Waals surface area contributed by atoms with E-state index in [1.54, 1.807) is 24.4 Å². The summed E-state index contributed by atoms with van der Waals surface area (Å²) in [7, 11) is 0. The van der Waals surface area contributed by atoms with Crippen LogP contribution in [0.25, 0.3) is 0 Å². The lowest BCUT2D eigenvalue weighted by Gasteiger charge is -2.10. The summed E-state index contributed by atoms with van der Waals surface area (Å²) in [5.74, 6) is 0.523. The number of nitriles is 1. The second-order valence-corrected chi connectivity index (χ2v) is 4.51. The fourth-order valence-electron chi connectivity index (χ4n) is 1.83. The summed E-state index contributed by atoms with van der Waals surface area (Å²) in [6, 6.07) is 10.9. The number of aryl methyl sites for hydroxylation is 1. The number of Topliss-reactive ketones (excluding diaryl/α,β-unsaturated/α-hetero) is 1. The number of pyridine rings is 1. The van der Waals surface area contributed by atoms with Crippen molar-refractivity contribution >= 4 is 5.78 Å². The summed E-state index contributed by atoms with van der Waals surface area (Å²) < 4.78 is 5.68. The highest BCUT2D eigenvalue weighted by molar-refractivity contribution is 5.97. The molecule has 0 saturated heterocycles. The molecule has 20 heavy (non-hydrogen) atoms. The van der Waals surface area contributed by atoms with E-state index in [4.69, 9.17) is 10.00 Å². The number of carbonyl (C=O) groups excluding carboxylic acids is 1. The Morgan fingerprint density at radius 1 is 1.35 bits per heavy atom. The number of carbonyl (C=O) groups is 1. The van der Waals surface area contributed by atoms with Crippen LogP contribution in [0.5, 0.6) is 5.75 Å². The quantitative estimate of drug-likeness (QED) is 0.798. The van der Waals surface area contributed by atoms with Crippen LogP contribution in [0.15, 0.2) is 36.5 Å². The van der Waals surface area contributed by atoms with E-state index in [0.29, 0.717) is 23.6 Å². The molecule has 1 aromatic carbocycles. The molecule has 2 aromatic rings. The van der Waals surface area contributed by atoms with Gasteiger partial charge in [-0.15, -0.1) is 0 Å². The van der Waals surface area contributed by atoms with Crippen LogP contribution in [-0.2, 0) is 6.61 Å². The molecule has 0 N–H and O–H groups in total. The highest BCUT2D eigenvalue weighted by Gasteiger charge is 2.09. The third kappa shape index (κ3) is 3.21.